The van der Waals surface area contributed by atoms with Gasteiger partial charge in [0.2, 0.25) is 5.82 Å². The first-order valence-corrected chi connectivity index (χ1v) is 7.81. The molecular formula is C16H12ClN7O. The Hall–Kier alpha value is -3.26. The monoisotopic (exact) mass is 353 g/mol. The molecule has 25 heavy (non-hydrogen) atoms. The lowest BCUT2D eigenvalue weighted by atomic mass is 10.2. The van der Waals surface area contributed by atoms with Crippen LogP contribution in [0.25, 0.3) is 5.78 Å². The molecule has 0 saturated heterocycles. The number of fused-ring (bicyclic) bond motifs is 1. The van der Waals surface area contributed by atoms with Crippen LogP contribution in [-0.4, -0.2) is 35.3 Å². The lowest BCUT2D eigenvalue weighted by molar-refractivity contribution is 0.101. The van der Waals surface area contributed by atoms with Crippen molar-refractivity contribution in [1.29, 1.82) is 0 Å². The van der Waals surface area contributed by atoms with Gasteiger partial charge in [-0.1, -0.05) is 23.7 Å². The molecule has 0 radical (unpaired) electrons. The Morgan fingerprint density at radius 2 is 2.08 bits per heavy atom. The van der Waals surface area contributed by atoms with Gasteiger partial charge in [0, 0.05) is 24.3 Å². The lowest BCUT2D eigenvalue weighted by Gasteiger charge is -2.05. The van der Waals surface area contributed by atoms with Gasteiger partial charge in [-0.25, -0.2) is 9.50 Å². The fourth-order valence-electron chi connectivity index (χ4n) is 2.32. The Labute approximate surface area is 147 Å². The van der Waals surface area contributed by atoms with Crippen LogP contribution in [0.5, 0.6) is 0 Å². The van der Waals surface area contributed by atoms with Gasteiger partial charge in [0.25, 0.3) is 11.7 Å². The molecule has 4 rings (SSSR count). The van der Waals surface area contributed by atoms with Crippen LogP contribution in [0, 0.1) is 0 Å². The normalized spacial score (nSPS) is 10.9. The molecule has 0 fully saturated rings. The lowest BCUT2D eigenvalue weighted by Crippen LogP contribution is -2.14. The Morgan fingerprint density at radius 3 is 2.80 bits per heavy atom. The van der Waals surface area contributed by atoms with Crippen LogP contribution < -0.4 is 5.32 Å². The summed E-state index contributed by atoms with van der Waals surface area (Å²) in [4.78, 5) is 20.4. The van der Waals surface area contributed by atoms with E-state index >= 15 is 0 Å². The van der Waals surface area contributed by atoms with Crippen LogP contribution in [0.3, 0.4) is 0 Å². The summed E-state index contributed by atoms with van der Waals surface area (Å²) in [6.45, 7) is 0.598. The highest BCUT2D eigenvalue weighted by Gasteiger charge is 2.13. The molecule has 0 bridgehead atoms. The van der Waals surface area contributed by atoms with Crippen LogP contribution in [0.4, 0.5) is 5.69 Å². The number of nitrogens with one attached hydrogen (secondary N) is 1. The maximum Gasteiger partial charge on any atom is 0.295 e. The van der Waals surface area contributed by atoms with Crippen LogP contribution >= 0.6 is 11.6 Å². The van der Waals surface area contributed by atoms with E-state index in [-0.39, 0.29) is 5.82 Å². The predicted octanol–water partition coefficient (Wildman–Crippen LogP) is 2.27. The van der Waals surface area contributed by atoms with Crippen molar-refractivity contribution in [3.63, 3.8) is 0 Å². The van der Waals surface area contributed by atoms with E-state index in [0.29, 0.717) is 23.0 Å². The van der Waals surface area contributed by atoms with Gasteiger partial charge in [-0.05, 0) is 23.8 Å². The molecule has 0 aliphatic rings. The minimum Gasteiger partial charge on any atom is -0.319 e. The minimum atomic E-state index is -0.392. The minimum absolute atomic E-state index is 0.0639. The van der Waals surface area contributed by atoms with Gasteiger partial charge in [-0.2, -0.15) is 10.1 Å². The smallest absolute Gasteiger partial charge is 0.295 e. The van der Waals surface area contributed by atoms with Crippen molar-refractivity contribution < 1.29 is 4.79 Å². The summed E-state index contributed by atoms with van der Waals surface area (Å²) >= 11 is 5.85. The van der Waals surface area contributed by atoms with E-state index < -0.39 is 5.91 Å². The molecule has 3 heterocycles. The summed E-state index contributed by atoms with van der Waals surface area (Å²) in [7, 11) is 0. The number of nitrogens with zero attached hydrogens (tertiary/aromatic N) is 6. The highest BCUT2D eigenvalue weighted by Crippen LogP contribution is 2.13. The van der Waals surface area contributed by atoms with Gasteiger partial charge in [-0.15, -0.1) is 5.10 Å². The Morgan fingerprint density at radius 1 is 1.24 bits per heavy atom. The van der Waals surface area contributed by atoms with Crippen LogP contribution in [0.15, 0.2) is 55.1 Å². The van der Waals surface area contributed by atoms with Crippen molar-refractivity contribution in [3.8, 4) is 0 Å². The molecule has 1 N–H and O–H groups in total. The number of amides is 1. The summed E-state index contributed by atoms with van der Waals surface area (Å²) in [6, 6.07) is 9.15. The Balaban J connectivity index is 1.46. The van der Waals surface area contributed by atoms with Gasteiger partial charge in [0.1, 0.15) is 0 Å². The van der Waals surface area contributed by atoms with Gasteiger partial charge in [0.05, 0.1) is 17.8 Å². The molecule has 3 aromatic heterocycles. The van der Waals surface area contributed by atoms with Crippen molar-refractivity contribution in [2.45, 2.75) is 6.54 Å². The van der Waals surface area contributed by atoms with E-state index in [0.717, 1.165) is 5.56 Å². The molecule has 1 aromatic carbocycles. The second-order valence-electron chi connectivity index (χ2n) is 5.31. The topological polar surface area (TPSA) is 90.0 Å². The Kier molecular flexibility index (Phi) is 3.87. The third kappa shape index (κ3) is 3.33. The van der Waals surface area contributed by atoms with E-state index in [4.69, 9.17) is 11.6 Å². The van der Waals surface area contributed by atoms with Crippen molar-refractivity contribution in [1.82, 2.24) is 29.4 Å². The molecule has 0 saturated carbocycles. The number of anilines is 1. The quantitative estimate of drug-likeness (QED) is 0.608. The molecule has 0 unspecified atom stereocenters. The number of rotatable bonds is 4. The van der Waals surface area contributed by atoms with Crippen LogP contribution in [0.2, 0.25) is 5.02 Å². The first kappa shape index (κ1) is 15.3. The highest BCUT2D eigenvalue weighted by molar-refractivity contribution is 6.30. The van der Waals surface area contributed by atoms with E-state index in [2.05, 4.69) is 25.5 Å². The molecular weight excluding hydrogens is 342 g/mol. The third-order valence-electron chi connectivity index (χ3n) is 3.48. The molecule has 9 heteroatoms. The largest absolute Gasteiger partial charge is 0.319 e. The third-order valence-corrected chi connectivity index (χ3v) is 3.67. The maximum absolute atomic E-state index is 12.3. The number of halogens is 1. The van der Waals surface area contributed by atoms with Crippen molar-refractivity contribution >= 4 is 29.0 Å². The summed E-state index contributed by atoms with van der Waals surface area (Å²) in [5.74, 6) is 0.0481. The molecule has 0 atom stereocenters. The van der Waals surface area contributed by atoms with Gasteiger partial charge in [-0.3, -0.25) is 9.48 Å². The number of hydrogen-bond acceptors (Lipinski definition) is 5. The van der Waals surface area contributed by atoms with Gasteiger partial charge >= 0.3 is 0 Å². The first-order chi connectivity index (χ1) is 12.2. The number of carbonyl (C=O) groups excluding carboxylic acids is 1. The number of benzene rings is 1. The second kappa shape index (κ2) is 6.33. The van der Waals surface area contributed by atoms with Gasteiger partial charge in [0.15, 0.2) is 0 Å². The van der Waals surface area contributed by atoms with E-state index in [1.54, 1.807) is 35.5 Å². The van der Waals surface area contributed by atoms with Crippen molar-refractivity contribution in [2.75, 3.05) is 5.32 Å². The van der Waals surface area contributed by atoms with E-state index in [1.165, 1.54) is 4.52 Å². The van der Waals surface area contributed by atoms with Crippen molar-refractivity contribution in [3.05, 3.63) is 71.5 Å². The van der Waals surface area contributed by atoms with Gasteiger partial charge < -0.3 is 5.32 Å². The number of aromatic nitrogens is 6. The molecule has 8 nitrogen and oxygen atoms in total. The average Bonchev–Trinajstić information content (AvgIpc) is 3.22. The average molecular weight is 354 g/mol. The molecule has 0 spiro atoms. The number of carbonyl (C=O) groups is 1. The zero-order chi connectivity index (χ0) is 17.2. The standard InChI is InChI=1S/C16H12ClN7O/c17-12-8-19-23(10-12)9-11-2-4-13(5-3-11)20-15(25)14-21-16-18-6-1-7-24(16)22-14/h1-8,10H,9H2,(H,20,25). The zero-order valence-electron chi connectivity index (χ0n) is 12.9. The molecule has 4 aromatic rings. The fraction of sp³-hybridized carbons (Fsp3) is 0.0625. The van der Waals surface area contributed by atoms with Crippen LogP contribution in [0.1, 0.15) is 16.2 Å². The zero-order valence-corrected chi connectivity index (χ0v) is 13.6. The molecule has 0 aliphatic carbocycles. The summed E-state index contributed by atoms with van der Waals surface area (Å²) in [5, 5.41) is 11.6. The SMILES string of the molecule is O=C(Nc1ccc(Cn2cc(Cl)cn2)cc1)c1nc2ncccn2n1. The molecule has 124 valence electrons. The second-order valence-corrected chi connectivity index (χ2v) is 5.74. The molecule has 1 amide bonds. The predicted molar refractivity (Wildman–Crippen MR) is 91.5 cm³/mol. The van der Waals surface area contributed by atoms with Crippen molar-refractivity contribution in [2.24, 2.45) is 0 Å². The maximum atomic E-state index is 12.3. The van der Waals surface area contributed by atoms with E-state index in [1.807, 2.05) is 24.3 Å². The summed E-state index contributed by atoms with van der Waals surface area (Å²) in [6.07, 6.45) is 6.62. The molecule has 0 aliphatic heterocycles. The van der Waals surface area contributed by atoms with E-state index in [9.17, 15) is 4.79 Å². The summed E-state index contributed by atoms with van der Waals surface area (Å²) < 4.78 is 3.19. The first-order valence-electron chi connectivity index (χ1n) is 7.43. The van der Waals surface area contributed by atoms with Crippen LogP contribution in [-0.2, 0) is 6.54 Å². The Bertz CT molecular complexity index is 1010. The number of hydrogen-bond donors (Lipinski definition) is 1. The summed E-state index contributed by atoms with van der Waals surface area (Å²) in [5.41, 5.74) is 1.69. The fourth-order valence-corrected chi connectivity index (χ4v) is 2.48. The highest BCUT2D eigenvalue weighted by atomic mass is 35.5.